The maximum atomic E-state index is 13.5. The molecule has 0 fully saturated rings. The lowest BCUT2D eigenvalue weighted by Gasteiger charge is -2.22. The molecule has 3 aromatic rings. The highest BCUT2D eigenvalue weighted by molar-refractivity contribution is 5.76. The van der Waals surface area contributed by atoms with Crippen molar-refractivity contribution in [3.05, 3.63) is 45.1 Å². The van der Waals surface area contributed by atoms with Gasteiger partial charge in [0.25, 0.3) is 5.56 Å². The average Bonchev–Trinajstić information content (AvgIpc) is 3.10. The first-order chi connectivity index (χ1) is 16.6. The van der Waals surface area contributed by atoms with Crippen LogP contribution in [0.4, 0.5) is 11.6 Å². The Hall–Kier alpha value is -3.03. The zero-order chi connectivity index (χ0) is 24.1. The average molecular weight is 468 g/mol. The van der Waals surface area contributed by atoms with Crippen molar-refractivity contribution in [1.82, 2.24) is 18.7 Å². The summed E-state index contributed by atoms with van der Waals surface area (Å²) in [6.45, 7) is 6.76. The lowest BCUT2D eigenvalue weighted by atomic mass is 10.1. The Bertz CT molecular complexity index is 1220. The molecule has 0 saturated heterocycles. The van der Waals surface area contributed by atoms with E-state index >= 15 is 0 Å². The first-order valence-corrected chi connectivity index (χ1v) is 12.8. The van der Waals surface area contributed by atoms with E-state index in [4.69, 9.17) is 9.72 Å². The Labute approximate surface area is 200 Å². The van der Waals surface area contributed by atoms with E-state index in [1.807, 2.05) is 35.8 Å². The predicted molar refractivity (Wildman–Crippen MR) is 136 cm³/mol. The molecule has 0 unspecified atom stereocenters. The normalized spacial score (nSPS) is 13.8. The SMILES string of the molecule is CCCCCCCCn1c(=O)c2c(nc3n2CCCCN3c2ccc(OCC)cc2)n(C)c1=O. The first-order valence-electron chi connectivity index (χ1n) is 12.8. The van der Waals surface area contributed by atoms with Crippen LogP contribution in [0.2, 0.25) is 0 Å². The maximum Gasteiger partial charge on any atom is 0.332 e. The highest BCUT2D eigenvalue weighted by atomic mass is 16.5. The van der Waals surface area contributed by atoms with Gasteiger partial charge in [-0.05, 0) is 50.5 Å². The van der Waals surface area contributed by atoms with Gasteiger partial charge < -0.3 is 14.2 Å². The van der Waals surface area contributed by atoms with Gasteiger partial charge in [-0.2, -0.15) is 4.98 Å². The van der Waals surface area contributed by atoms with Gasteiger partial charge in [-0.1, -0.05) is 39.0 Å². The third-order valence-corrected chi connectivity index (χ3v) is 6.66. The van der Waals surface area contributed by atoms with Gasteiger partial charge in [-0.3, -0.25) is 13.9 Å². The van der Waals surface area contributed by atoms with Crippen molar-refractivity contribution in [2.75, 3.05) is 18.1 Å². The van der Waals surface area contributed by atoms with Gasteiger partial charge in [-0.15, -0.1) is 0 Å². The molecule has 184 valence electrons. The molecule has 4 rings (SSSR count). The quantitative estimate of drug-likeness (QED) is 0.408. The summed E-state index contributed by atoms with van der Waals surface area (Å²) in [7, 11) is 1.72. The first kappa shape index (κ1) is 24.1. The Morgan fingerprint density at radius 3 is 2.38 bits per heavy atom. The zero-order valence-electron chi connectivity index (χ0n) is 20.8. The van der Waals surface area contributed by atoms with Gasteiger partial charge in [0, 0.05) is 32.4 Å². The van der Waals surface area contributed by atoms with E-state index in [1.54, 1.807) is 7.05 Å². The number of hydrogen-bond donors (Lipinski definition) is 0. The van der Waals surface area contributed by atoms with Crippen LogP contribution in [0, 0.1) is 0 Å². The van der Waals surface area contributed by atoms with Crippen LogP contribution >= 0.6 is 0 Å². The third kappa shape index (κ3) is 4.76. The number of aromatic nitrogens is 4. The molecule has 1 aliphatic rings. The fraction of sp³-hybridized carbons (Fsp3) is 0.577. The van der Waals surface area contributed by atoms with Gasteiger partial charge >= 0.3 is 5.69 Å². The standard InChI is InChI=1S/C26H37N5O3/c1-4-6-7-8-9-10-19-31-24(32)22-23(28(3)26(31)33)27-25-29(17-11-12-18-30(22)25)20-13-15-21(16-14-20)34-5-2/h13-16H,4-12,17-19H2,1-3H3. The van der Waals surface area contributed by atoms with E-state index < -0.39 is 0 Å². The monoisotopic (exact) mass is 467 g/mol. The number of fused-ring (bicyclic) bond motifs is 3. The van der Waals surface area contributed by atoms with E-state index in [-0.39, 0.29) is 11.2 Å². The van der Waals surface area contributed by atoms with Crippen molar-refractivity contribution in [2.45, 2.75) is 78.3 Å². The summed E-state index contributed by atoms with van der Waals surface area (Å²) < 4.78 is 10.5. The molecule has 0 bridgehead atoms. The largest absolute Gasteiger partial charge is 0.494 e. The number of anilines is 2. The lowest BCUT2D eigenvalue weighted by Crippen LogP contribution is -2.39. The second-order valence-electron chi connectivity index (χ2n) is 9.09. The van der Waals surface area contributed by atoms with Gasteiger partial charge in [0.1, 0.15) is 5.75 Å². The minimum absolute atomic E-state index is 0.223. The van der Waals surface area contributed by atoms with Crippen LogP contribution in [-0.4, -0.2) is 31.8 Å². The molecule has 8 heteroatoms. The Morgan fingerprint density at radius 2 is 1.65 bits per heavy atom. The molecule has 2 aromatic heterocycles. The molecular formula is C26H37N5O3. The van der Waals surface area contributed by atoms with Gasteiger partial charge in [0.15, 0.2) is 11.2 Å². The van der Waals surface area contributed by atoms with Gasteiger partial charge in [-0.25, -0.2) is 4.79 Å². The number of ether oxygens (including phenoxy) is 1. The second-order valence-corrected chi connectivity index (χ2v) is 9.09. The Morgan fingerprint density at radius 1 is 0.941 bits per heavy atom. The molecule has 1 aliphatic heterocycles. The summed E-state index contributed by atoms with van der Waals surface area (Å²) in [4.78, 5) is 33.5. The number of imidazole rings is 1. The van der Waals surface area contributed by atoms with Gasteiger partial charge in [0.2, 0.25) is 5.95 Å². The fourth-order valence-corrected chi connectivity index (χ4v) is 4.80. The van der Waals surface area contributed by atoms with Crippen molar-refractivity contribution in [2.24, 2.45) is 7.05 Å². The number of unbranched alkanes of at least 4 members (excludes halogenated alkanes) is 5. The van der Waals surface area contributed by atoms with Crippen LogP contribution in [0.3, 0.4) is 0 Å². The molecular weight excluding hydrogens is 430 g/mol. The summed E-state index contributed by atoms with van der Waals surface area (Å²) in [5.74, 6) is 1.55. The lowest BCUT2D eigenvalue weighted by molar-refractivity contribution is 0.340. The van der Waals surface area contributed by atoms with Crippen molar-refractivity contribution >= 4 is 22.8 Å². The predicted octanol–water partition coefficient (Wildman–Crippen LogP) is 4.59. The molecule has 1 aromatic carbocycles. The molecule has 0 saturated carbocycles. The smallest absolute Gasteiger partial charge is 0.332 e. The Kier molecular flexibility index (Phi) is 7.75. The molecule has 34 heavy (non-hydrogen) atoms. The van der Waals surface area contributed by atoms with Gasteiger partial charge in [0.05, 0.1) is 6.61 Å². The van der Waals surface area contributed by atoms with Crippen molar-refractivity contribution in [1.29, 1.82) is 0 Å². The van der Waals surface area contributed by atoms with Crippen LogP contribution in [0.5, 0.6) is 5.75 Å². The molecule has 8 nitrogen and oxygen atoms in total. The topological polar surface area (TPSA) is 74.3 Å². The van der Waals surface area contributed by atoms with Crippen LogP contribution in [0.1, 0.15) is 65.2 Å². The molecule has 0 amide bonds. The number of rotatable bonds is 10. The zero-order valence-corrected chi connectivity index (χ0v) is 20.8. The maximum absolute atomic E-state index is 13.5. The summed E-state index contributed by atoms with van der Waals surface area (Å²) in [6.07, 6.45) is 8.61. The number of benzene rings is 1. The van der Waals surface area contributed by atoms with E-state index in [2.05, 4.69) is 11.8 Å². The van der Waals surface area contributed by atoms with Crippen LogP contribution in [0.25, 0.3) is 11.2 Å². The van der Waals surface area contributed by atoms with Crippen LogP contribution in [0.15, 0.2) is 33.9 Å². The summed E-state index contributed by atoms with van der Waals surface area (Å²) in [5.41, 5.74) is 1.48. The number of nitrogens with zero attached hydrogens (tertiary/aromatic N) is 5. The van der Waals surface area contributed by atoms with E-state index in [0.29, 0.717) is 30.9 Å². The Balaban J connectivity index is 1.70. The fourth-order valence-electron chi connectivity index (χ4n) is 4.80. The number of aryl methyl sites for hydroxylation is 2. The van der Waals surface area contributed by atoms with E-state index in [9.17, 15) is 9.59 Å². The molecule has 0 radical (unpaired) electrons. The molecule has 0 aliphatic carbocycles. The summed E-state index contributed by atoms with van der Waals surface area (Å²) >= 11 is 0. The van der Waals surface area contributed by atoms with Crippen molar-refractivity contribution < 1.29 is 4.74 Å². The minimum Gasteiger partial charge on any atom is -0.494 e. The summed E-state index contributed by atoms with van der Waals surface area (Å²) in [5, 5.41) is 0. The van der Waals surface area contributed by atoms with E-state index in [1.165, 1.54) is 28.4 Å². The molecule has 0 spiro atoms. The number of hydrogen-bond acceptors (Lipinski definition) is 5. The van der Waals surface area contributed by atoms with Crippen molar-refractivity contribution in [3.8, 4) is 5.75 Å². The summed E-state index contributed by atoms with van der Waals surface area (Å²) in [6, 6.07) is 7.96. The minimum atomic E-state index is -0.285. The highest BCUT2D eigenvalue weighted by Gasteiger charge is 2.25. The van der Waals surface area contributed by atoms with Crippen LogP contribution < -0.4 is 20.9 Å². The highest BCUT2D eigenvalue weighted by Crippen LogP contribution is 2.31. The third-order valence-electron chi connectivity index (χ3n) is 6.66. The molecule has 0 N–H and O–H groups in total. The molecule has 3 heterocycles. The van der Waals surface area contributed by atoms with Crippen LogP contribution in [-0.2, 0) is 20.1 Å². The van der Waals surface area contributed by atoms with Crippen molar-refractivity contribution in [3.63, 3.8) is 0 Å². The molecule has 0 atom stereocenters. The second kappa shape index (κ2) is 10.9. The van der Waals surface area contributed by atoms with E-state index in [0.717, 1.165) is 56.0 Å².